The first-order valence-electron chi connectivity index (χ1n) is 8.59. The van der Waals surface area contributed by atoms with Crippen molar-refractivity contribution < 1.29 is 9.18 Å². The van der Waals surface area contributed by atoms with Crippen LogP contribution in [-0.4, -0.2) is 19.0 Å². The maximum Gasteiger partial charge on any atom is 0.228 e. The van der Waals surface area contributed by atoms with E-state index in [9.17, 15) is 9.18 Å². The standard InChI is InChI=1S/C21H23FN2O/c1-15-12-18(24-10-6-3-7-11-24)13-16(2)21(15)23-20(25)14-17-8-4-5-9-19(17)22/h3-6,8-9,12-13H,7,10-11,14H2,1-2H3,(H,23,25). The molecule has 130 valence electrons. The quantitative estimate of drug-likeness (QED) is 0.839. The van der Waals surface area contributed by atoms with Crippen molar-refractivity contribution in [2.24, 2.45) is 0 Å². The van der Waals surface area contributed by atoms with Crippen LogP contribution < -0.4 is 10.2 Å². The van der Waals surface area contributed by atoms with E-state index in [-0.39, 0.29) is 18.1 Å². The second-order valence-corrected chi connectivity index (χ2v) is 6.48. The Morgan fingerprint density at radius 2 is 1.88 bits per heavy atom. The maximum absolute atomic E-state index is 13.7. The lowest BCUT2D eigenvalue weighted by Gasteiger charge is -2.27. The molecule has 1 heterocycles. The number of anilines is 2. The summed E-state index contributed by atoms with van der Waals surface area (Å²) in [6.07, 6.45) is 5.47. The molecule has 1 aliphatic heterocycles. The van der Waals surface area contributed by atoms with E-state index in [0.717, 1.165) is 36.3 Å². The van der Waals surface area contributed by atoms with Crippen molar-refractivity contribution in [2.45, 2.75) is 26.7 Å². The van der Waals surface area contributed by atoms with Gasteiger partial charge in [0.2, 0.25) is 5.91 Å². The molecular weight excluding hydrogens is 315 g/mol. The van der Waals surface area contributed by atoms with Crippen molar-refractivity contribution >= 4 is 17.3 Å². The average molecular weight is 338 g/mol. The Morgan fingerprint density at radius 1 is 1.16 bits per heavy atom. The highest BCUT2D eigenvalue weighted by molar-refractivity contribution is 5.94. The molecule has 1 amide bonds. The van der Waals surface area contributed by atoms with Crippen molar-refractivity contribution in [1.29, 1.82) is 0 Å². The fraction of sp³-hybridized carbons (Fsp3) is 0.286. The summed E-state index contributed by atoms with van der Waals surface area (Å²) in [5.74, 6) is -0.551. The molecule has 0 aliphatic carbocycles. The Morgan fingerprint density at radius 3 is 2.52 bits per heavy atom. The highest BCUT2D eigenvalue weighted by Gasteiger charge is 2.14. The predicted octanol–water partition coefficient (Wildman–Crippen LogP) is 4.39. The van der Waals surface area contributed by atoms with Gasteiger partial charge in [0.15, 0.2) is 0 Å². The van der Waals surface area contributed by atoms with Gasteiger partial charge in [-0.15, -0.1) is 0 Å². The molecule has 0 saturated carbocycles. The van der Waals surface area contributed by atoms with Crippen LogP contribution in [0.4, 0.5) is 15.8 Å². The van der Waals surface area contributed by atoms with E-state index in [1.807, 2.05) is 13.8 Å². The summed E-state index contributed by atoms with van der Waals surface area (Å²) in [4.78, 5) is 14.7. The summed E-state index contributed by atoms with van der Waals surface area (Å²) in [6.45, 7) is 5.91. The number of hydrogen-bond donors (Lipinski definition) is 1. The van der Waals surface area contributed by atoms with Gasteiger partial charge in [-0.05, 0) is 55.2 Å². The summed E-state index contributed by atoms with van der Waals surface area (Å²) in [5.41, 5.74) is 4.44. The van der Waals surface area contributed by atoms with Crippen LogP contribution in [0.3, 0.4) is 0 Å². The smallest absolute Gasteiger partial charge is 0.228 e. The van der Waals surface area contributed by atoms with Crippen molar-refractivity contribution in [3.63, 3.8) is 0 Å². The van der Waals surface area contributed by atoms with E-state index in [1.54, 1.807) is 18.2 Å². The molecule has 1 aliphatic rings. The van der Waals surface area contributed by atoms with Crippen LogP contribution in [0.15, 0.2) is 48.6 Å². The number of nitrogens with one attached hydrogen (secondary N) is 1. The number of rotatable bonds is 4. The summed E-state index contributed by atoms with van der Waals surface area (Å²) in [7, 11) is 0. The molecule has 4 heteroatoms. The lowest BCUT2D eigenvalue weighted by Crippen LogP contribution is -2.27. The third kappa shape index (κ3) is 4.08. The molecule has 0 unspecified atom stereocenters. The van der Waals surface area contributed by atoms with Gasteiger partial charge in [-0.2, -0.15) is 0 Å². The van der Waals surface area contributed by atoms with Gasteiger partial charge >= 0.3 is 0 Å². The Bertz CT molecular complexity index is 790. The third-order valence-electron chi connectivity index (χ3n) is 4.51. The van der Waals surface area contributed by atoms with E-state index in [2.05, 4.69) is 34.5 Å². The Balaban J connectivity index is 1.75. The highest BCUT2D eigenvalue weighted by atomic mass is 19.1. The zero-order chi connectivity index (χ0) is 17.8. The molecule has 3 rings (SSSR count). The van der Waals surface area contributed by atoms with E-state index in [0.29, 0.717) is 5.56 Å². The number of aryl methyl sites for hydroxylation is 2. The molecule has 0 spiro atoms. The lowest BCUT2D eigenvalue weighted by atomic mass is 10.1. The number of carbonyl (C=O) groups is 1. The molecule has 1 N–H and O–H groups in total. The summed E-state index contributed by atoms with van der Waals surface area (Å²) in [6, 6.07) is 10.6. The van der Waals surface area contributed by atoms with Crippen LogP contribution in [0.1, 0.15) is 23.1 Å². The first-order chi connectivity index (χ1) is 12.0. The van der Waals surface area contributed by atoms with E-state index in [1.165, 1.54) is 11.8 Å². The van der Waals surface area contributed by atoms with Crippen LogP contribution >= 0.6 is 0 Å². The maximum atomic E-state index is 13.7. The molecule has 25 heavy (non-hydrogen) atoms. The van der Waals surface area contributed by atoms with Crippen molar-refractivity contribution in [3.05, 3.63) is 71.1 Å². The SMILES string of the molecule is Cc1cc(N2CC=CCC2)cc(C)c1NC(=O)Cc1ccccc1F. The van der Waals surface area contributed by atoms with E-state index < -0.39 is 0 Å². The molecule has 2 aromatic rings. The third-order valence-corrected chi connectivity index (χ3v) is 4.51. The van der Waals surface area contributed by atoms with Crippen molar-refractivity contribution in [2.75, 3.05) is 23.3 Å². The van der Waals surface area contributed by atoms with Crippen LogP contribution in [0.5, 0.6) is 0 Å². The second kappa shape index (κ2) is 7.51. The normalized spacial score (nSPS) is 13.8. The topological polar surface area (TPSA) is 32.3 Å². The number of halogens is 1. The zero-order valence-electron chi connectivity index (χ0n) is 14.7. The molecule has 0 fully saturated rings. The average Bonchev–Trinajstić information content (AvgIpc) is 2.61. The Labute approximate surface area is 148 Å². The predicted molar refractivity (Wildman–Crippen MR) is 101 cm³/mol. The summed E-state index contributed by atoms with van der Waals surface area (Å²) < 4.78 is 13.7. The minimum atomic E-state index is -0.348. The van der Waals surface area contributed by atoms with Gasteiger partial charge in [-0.1, -0.05) is 30.4 Å². The summed E-state index contributed by atoms with van der Waals surface area (Å²) >= 11 is 0. The monoisotopic (exact) mass is 338 g/mol. The number of benzene rings is 2. The van der Waals surface area contributed by atoms with Crippen LogP contribution in [0, 0.1) is 19.7 Å². The number of nitrogens with zero attached hydrogens (tertiary/aromatic N) is 1. The zero-order valence-corrected chi connectivity index (χ0v) is 14.7. The number of amides is 1. The molecule has 0 aromatic heterocycles. The number of carbonyl (C=O) groups excluding carboxylic acids is 1. The first kappa shape index (κ1) is 17.2. The van der Waals surface area contributed by atoms with Crippen LogP contribution in [0.2, 0.25) is 0 Å². The van der Waals surface area contributed by atoms with Crippen molar-refractivity contribution in [3.8, 4) is 0 Å². The van der Waals surface area contributed by atoms with Gasteiger partial charge in [-0.25, -0.2) is 4.39 Å². The molecule has 3 nitrogen and oxygen atoms in total. The molecule has 2 aromatic carbocycles. The molecule has 0 saturated heterocycles. The van der Waals surface area contributed by atoms with Crippen LogP contribution in [-0.2, 0) is 11.2 Å². The molecule has 0 atom stereocenters. The van der Waals surface area contributed by atoms with E-state index in [4.69, 9.17) is 0 Å². The summed E-state index contributed by atoms with van der Waals surface area (Å²) in [5, 5.41) is 2.95. The van der Waals surface area contributed by atoms with Gasteiger partial charge < -0.3 is 10.2 Å². The minimum absolute atomic E-state index is 0.0320. The minimum Gasteiger partial charge on any atom is -0.367 e. The fourth-order valence-corrected chi connectivity index (χ4v) is 3.19. The Hall–Kier alpha value is -2.62. The van der Waals surface area contributed by atoms with Gasteiger partial charge in [0.1, 0.15) is 5.82 Å². The molecule has 0 bridgehead atoms. The fourth-order valence-electron chi connectivity index (χ4n) is 3.19. The largest absolute Gasteiger partial charge is 0.367 e. The molecule has 0 radical (unpaired) electrons. The Kier molecular flexibility index (Phi) is 5.17. The van der Waals surface area contributed by atoms with Gasteiger partial charge in [-0.3, -0.25) is 4.79 Å². The number of hydrogen-bond acceptors (Lipinski definition) is 2. The molecular formula is C21H23FN2O. The van der Waals surface area contributed by atoms with E-state index >= 15 is 0 Å². The van der Waals surface area contributed by atoms with Gasteiger partial charge in [0, 0.05) is 24.5 Å². The lowest BCUT2D eigenvalue weighted by molar-refractivity contribution is -0.115. The first-order valence-corrected chi connectivity index (χ1v) is 8.59. The van der Waals surface area contributed by atoms with Gasteiger partial charge in [0.05, 0.1) is 6.42 Å². The van der Waals surface area contributed by atoms with Crippen LogP contribution in [0.25, 0.3) is 0 Å². The second-order valence-electron chi connectivity index (χ2n) is 6.48. The van der Waals surface area contributed by atoms with Crippen molar-refractivity contribution in [1.82, 2.24) is 0 Å². The van der Waals surface area contributed by atoms with Gasteiger partial charge in [0.25, 0.3) is 0 Å². The highest BCUT2D eigenvalue weighted by Crippen LogP contribution is 2.28.